The first-order chi connectivity index (χ1) is 8.53. The van der Waals surface area contributed by atoms with Gasteiger partial charge < -0.3 is 21.0 Å². The molecule has 100 valence electrons. The van der Waals surface area contributed by atoms with E-state index in [2.05, 4.69) is 42.3 Å². The quantitative estimate of drug-likeness (QED) is 0.317. The number of amidine groups is 1. The van der Waals surface area contributed by atoms with Gasteiger partial charge in [0.25, 0.3) is 0 Å². The molecule has 1 unspecified atom stereocenters. The number of nitrogens with zero attached hydrogens (tertiary/aromatic N) is 1. The van der Waals surface area contributed by atoms with Crippen molar-refractivity contribution in [1.29, 1.82) is 0 Å². The van der Waals surface area contributed by atoms with Gasteiger partial charge in [0.2, 0.25) is 0 Å². The van der Waals surface area contributed by atoms with Crippen molar-refractivity contribution in [3.8, 4) is 5.75 Å². The number of benzene rings is 1. The van der Waals surface area contributed by atoms with Crippen molar-refractivity contribution in [2.24, 2.45) is 10.9 Å². The topological polar surface area (TPSA) is 79.9 Å². The van der Waals surface area contributed by atoms with Gasteiger partial charge in [-0.05, 0) is 44.3 Å². The monoisotopic (exact) mass is 379 g/mol. The molecule has 0 saturated heterocycles. The van der Waals surface area contributed by atoms with E-state index in [1.165, 1.54) is 0 Å². The zero-order valence-corrected chi connectivity index (χ0v) is 13.2. The Labute approximate surface area is 123 Å². The molecule has 1 rings (SSSR count). The van der Waals surface area contributed by atoms with Gasteiger partial charge >= 0.3 is 0 Å². The number of hydrogen-bond donors (Lipinski definition) is 3. The molecule has 0 saturated carbocycles. The minimum atomic E-state index is -0.239. The zero-order valence-electron chi connectivity index (χ0n) is 10.1. The first-order valence-electron chi connectivity index (χ1n) is 5.30. The van der Waals surface area contributed by atoms with Crippen LogP contribution in [-0.2, 0) is 0 Å². The van der Waals surface area contributed by atoms with Crippen LogP contribution < -0.4 is 15.8 Å². The van der Waals surface area contributed by atoms with Gasteiger partial charge in [0.15, 0.2) is 5.84 Å². The van der Waals surface area contributed by atoms with Crippen LogP contribution in [0.3, 0.4) is 0 Å². The summed E-state index contributed by atoms with van der Waals surface area (Å²) in [5.74, 6) is 0.848. The van der Waals surface area contributed by atoms with Crippen LogP contribution >= 0.6 is 31.9 Å². The number of hydrogen-bond acceptors (Lipinski definition) is 4. The minimum Gasteiger partial charge on any atom is -0.495 e. The van der Waals surface area contributed by atoms with Crippen LogP contribution in [0.5, 0.6) is 5.75 Å². The average Bonchev–Trinajstić information content (AvgIpc) is 2.37. The number of methoxy groups -OCH3 is 1. The molecule has 0 aliphatic heterocycles. The van der Waals surface area contributed by atoms with Crippen molar-refractivity contribution in [2.75, 3.05) is 12.4 Å². The second-order valence-electron chi connectivity index (χ2n) is 3.60. The third kappa shape index (κ3) is 3.52. The first-order valence-corrected chi connectivity index (χ1v) is 6.89. The molecule has 0 amide bonds. The van der Waals surface area contributed by atoms with Crippen LogP contribution in [0.1, 0.15) is 13.3 Å². The molecule has 0 aliphatic rings. The lowest BCUT2D eigenvalue weighted by molar-refractivity contribution is 0.316. The molecular weight excluding hydrogens is 366 g/mol. The van der Waals surface area contributed by atoms with Crippen molar-refractivity contribution in [3.05, 3.63) is 21.1 Å². The molecule has 7 heteroatoms. The van der Waals surface area contributed by atoms with Gasteiger partial charge in [-0.3, -0.25) is 0 Å². The van der Waals surface area contributed by atoms with E-state index >= 15 is 0 Å². The Kier molecular flexibility index (Phi) is 5.74. The van der Waals surface area contributed by atoms with E-state index in [4.69, 9.17) is 15.7 Å². The van der Waals surface area contributed by atoms with Crippen LogP contribution in [0, 0.1) is 0 Å². The number of nitrogens with one attached hydrogen (secondary N) is 1. The standard InChI is InChI=1S/C11H15Br2N3O2/c1-3-8(11(14)16-17)15-9-5-10(18-2)7(13)4-6(9)12/h4-5,8,15,17H,3H2,1-2H3,(H2,14,16). The highest BCUT2D eigenvalue weighted by Gasteiger charge is 2.14. The molecule has 18 heavy (non-hydrogen) atoms. The third-order valence-corrected chi connectivity index (χ3v) is 3.73. The second-order valence-corrected chi connectivity index (χ2v) is 5.31. The number of anilines is 1. The second kappa shape index (κ2) is 6.84. The molecule has 0 radical (unpaired) electrons. The number of ether oxygens (including phenoxy) is 1. The fourth-order valence-corrected chi connectivity index (χ4v) is 2.71. The van der Waals surface area contributed by atoms with Crippen LogP contribution in [0.2, 0.25) is 0 Å². The molecular formula is C11H15Br2N3O2. The van der Waals surface area contributed by atoms with Gasteiger partial charge in [-0.25, -0.2) is 0 Å². The van der Waals surface area contributed by atoms with Crippen molar-refractivity contribution >= 4 is 43.4 Å². The van der Waals surface area contributed by atoms with Crippen molar-refractivity contribution in [3.63, 3.8) is 0 Å². The summed E-state index contributed by atoms with van der Waals surface area (Å²) in [4.78, 5) is 0. The molecule has 1 aromatic carbocycles. The largest absolute Gasteiger partial charge is 0.495 e. The molecule has 0 aliphatic carbocycles. The Balaban J connectivity index is 3.03. The van der Waals surface area contributed by atoms with Gasteiger partial charge in [0, 0.05) is 10.5 Å². The van der Waals surface area contributed by atoms with Crippen molar-refractivity contribution in [2.45, 2.75) is 19.4 Å². The van der Waals surface area contributed by atoms with E-state index in [1.807, 2.05) is 19.1 Å². The van der Waals surface area contributed by atoms with E-state index in [1.54, 1.807) is 7.11 Å². The van der Waals surface area contributed by atoms with E-state index in [0.29, 0.717) is 12.2 Å². The Morgan fingerprint density at radius 3 is 2.67 bits per heavy atom. The average molecular weight is 381 g/mol. The smallest absolute Gasteiger partial charge is 0.161 e. The Morgan fingerprint density at radius 1 is 1.50 bits per heavy atom. The molecule has 5 nitrogen and oxygen atoms in total. The number of nitrogens with two attached hydrogens (primary N) is 1. The minimum absolute atomic E-state index is 0.145. The van der Waals surface area contributed by atoms with Gasteiger partial charge in [-0.2, -0.15) is 0 Å². The maximum Gasteiger partial charge on any atom is 0.161 e. The normalized spacial score (nSPS) is 13.2. The fourth-order valence-electron chi connectivity index (χ4n) is 1.44. The molecule has 0 heterocycles. The van der Waals surface area contributed by atoms with E-state index in [0.717, 1.165) is 14.6 Å². The van der Waals surface area contributed by atoms with Gasteiger partial charge in [0.1, 0.15) is 5.75 Å². The molecule has 0 spiro atoms. The highest BCUT2D eigenvalue weighted by molar-refractivity contribution is 9.11. The molecule has 1 atom stereocenters. The lowest BCUT2D eigenvalue weighted by atomic mass is 10.2. The summed E-state index contributed by atoms with van der Waals surface area (Å²) in [6.45, 7) is 1.94. The highest BCUT2D eigenvalue weighted by atomic mass is 79.9. The van der Waals surface area contributed by atoms with Crippen molar-refractivity contribution in [1.82, 2.24) is 0 Å². The Bertz CT molecular complexity index is 452. The highest BCUT2D eigenvalue weighted by Crippen LogP contribution is 2.34. The van der Waals surface area contributed by atoms with E-state index < -0.39 is 0 Å². The van der Waals surface area contributed by atoms with Crippen LogP contribution in [0.4, 0.5) is 5.69 Å². The van der Waals surface area contributed by atoms with E-state index in [-0.39, 0.29) is 11.9 Å². The molecule has 1 aromatic rings. The number of rotatable bonds is 5. The summed E-state index contributed by atoms with van der Waals surface area (Å²) >= 11 is 6.84. The summed E-state index contributed by atoms with van der Waals surface area (Å²) in [7, 11) is 1.60. The van der Waals surface area contributed by atoms with E-state index in [9.17, 15) is 0 Å². The summed E-state index contributed by atoms with van der Waals surface area (Å²) in [5.41, 5.74) is 6.42. The lowest BCUT2D eigenvalue weighted by Gasteiger charge is -2.18. The third-order valence-electron chi connectivity index (χ3n) is 2.45. The summed E-state index contributed by atoms with van der Waals surface area (Å²) in [6, 6.07) is 3.47. The molecule has 0 bridgehead atoms. The van der Waals surface area contributed by atoms with Crippen LogP contribution in [-0.4, -0.2) is 24.2 Å². The van der Waals surface area contributed by atoms with Gasteiger partial charge in [-0.15, -0.1) is 0 Å². The summed E-state index contributed by atoms with van der Waals surface area (Å²) in [5, 5.41) is 14.9. The predicted molar refractivity (Wildman–Crippen MR) is 79.5 cm³/mol. The summed E-state index contributed by atoms with van der Waals surface area (Å²) in [6.07, 6.45) is 0.695. The molecule has 4 N–H and O–H groups in total. The van der Waals surface area contributed by atoms with Crippen molar-refractivity contribution < 1.29 is 9.94 Å². The summed E-state index contributed by atoms with van der Waals surface area (Å²) < 4.78 is 6.93. The van der Waals surface area contributed by atoms with Crippen LogP contribution in [0.25, 0.3) is 0 Å². The lowest BCUT2D eigenvalue weighted by Crippen LogP contribution is -2.35. The number of halogens is 2. The maximum absolute atomic E-state index is 8.71. The Hall–Kier alpha value is -0.950. The van der Waals surface area contributed by atoms with Gasteiger partial charge in [0.05, 0.1) is 23.3 Å². The van der Waals surface area contributed by atoms with Gasteiger partial charge in [-0.1, -0.05) is 12.1 Å². The van der Waals surface area contributed by atoms with Crippen LogP contribution in [0.15, 0.2) is 26.2 Å². The fraction of sp³-hybridized carbons (Fsp3) is 0.364. The molecule has 0 aromatic heterocycles. The Morgan fingerprint density at radius 2 is 2.17 bits per heavy atom. The number of oxime groups is 1. The molecule has 0 fully saturated rings. The zero-order chi connectivity index (χ0) is 13.7. The SMILES string of the molecule is CCC(Nc1cc(OC)c(Br)cc1Br)/C(N)=N/O. The maximum atomic E-state index is 8.71. The predicted octanol–water partition coefficient (Wildman–Crippen LogP) is 3.16. The first kappa shape index (κ1) is 15.1.